The van der Waals surface area contributed by atoms with Gasteiger partial charge in [-0.1, -0.05) is 29.4 Å². The van der Waals surface area contributed by atoms with E-state index in [2.05, 4.69) is 4.98 Å². The summed E-state index contributed by atoms with van der Waals surface area (Å²) >= 11 is 7.04. The summed E-state index contributed by atoms with van der Waals surface area (Å²) in [7, 11) is 0. The van der Waals surface area contributed by atoms with Crippen molar-refractivity contribution in [1.29, 1.82) is 0 Å². The Bertz CT molecular complexity index is 481. The minimum Gasteiger partial charge on any atom is -0.336 e. The maximum absolute atomic E-state index is 11.8. The van der Waals surface area contributed by atoms with Crippen molar-refractivity contribution in [2.24, 2.45) is 0 Å². The van der Waals surface area contributed by atoms with Gasteiger partial charge in [0.25, 0.3) is 0 Å². The predicted octanol–water partition coefficient (Wildman–Crippen LogP) is 2.12. The Balaban J connectivity index is 1.98. The molecule has 0 aromatic carbocycles. The molecule has 1 aliphatic heterocycles. The highest BCUT2D eigenvalue weighted by molar-refractivity contribution is 8.14. The predicted molar refractivity (Wildman–Crippen MR) is 71.3 cm³/mol. The van der Waals surface area contributed by atoms with Crippen molar-refractivity contribution >= 4 is 34.4 Å². The average molecular weight is 285 g/mol. The molecular formula is C12H13ClN2O2S. The number of rotatable bonds is 3. The van der Waals surface area contributed by atoms with Crippen molar-refractivity contribution in [3.63, 3.8) is 0 Å². The van der Waals surface area contributed by atoms with Gasteiger partial charge in [0.2, 0.25) is 5.91 Å². The SMILES string of the molecule is CC(=O)SC1CC(=O)N(Cc2cccc(Cl)n2)C1. The van der Waals surface area contributed by atoms with E-state index in [1.807, 2.05) is 12.1 Å². The molecule has 6 heteroatoms. The van der Waals surface area contributed by atoms with Crippen molar-refractivity contribution in [1.82, 2.24) is 9.88 Å². The number of halogens is 1. The van der Waals surface area contributed by atoms with Crippen LogP contribution in [-0.4, -0.2) is 32.7 Å². The zero-order valence-corrected chi connectivity index (χ0v) is 11.5. The first-order valence-electron chi connectivity index (χ1n) is 5.61. The van der Waals surface area contributed by atoms with E-state index in [0.29, 0.717) is 24.7 Å². The van der Waals surface area contributed by atoms with Crippen molar-refractivity contribution in [2.75, 3.05) is 6.54 Å². The first-order valence-corrected chi connectivity index (χ1v) is 6.87. The van der Waals surface area contributed by atoms with Crippen LogP contribution < -0.4 is 0 Å². The van der Waals surface area contributed by atoms with Crippen LogP contribution in [0.3, 0.4) is 0 Å². The lowest BCUT2D eigenvalue weighted by atomic mass is 10.3. The third-order valence-corrected chi connectivity index (χ3v) is 3.83. The van der Waals surface area contributed by atoms with Crippen LogP contribution in [0.1, 0.15) is 19.0 Å². The number of amides is 1. The number of aromatic nitrogens is 1. The van der Waals surface area contributed by atoms with Crippen LogP contribution in [0.15, 0.2) is 18.2 Å². The fourth-order valence-corrected chi connectivity index (χ4v) is 3.07. The summed E-state index contributed by atoms with van der Waals surface area (Å²) in [4.78, 5) is 28.7. The van der Waals surface area contributed by atoms with Gasteiger partial charge in [-0.2, -0.15) is 0 Å². The number of carbonyl (C=O) groups excluding carboxylic acids is 2. The molecular weight excluding hydrogens is 272 g/mol. The molecule has 0 N–H and O–H groups in total. The second-order valence-electron chi connectivity index (χ2n) is 4.16. The zero-order valence-electron chi connectivity index (χ0n) is 9.93. The van der Waals surface area contributed by atoms with Gasteiger partial charge in [0.1, 0.15) is 5.15 Å². The van der Waals surface area contributed by atoms with Gasteiger partial charge in [0.15, 0.2) is 5.12 Å². The quantitative estimate of drug-likeness (QED) is 0.798. The largest absolute Gasteiger partial charge is 0.336 e. The molecule has 0 aliphatic carbocycles. The van der Waals surface area contributed by atoms with Crippen LogP contribution in [0.25, 0.3) is 0 Å². The Labute approximate surface area is 115 Å². The summed E-state index contributed by atoms with van der Waals surface area (Å²) in [5, 5.41) is 0.540. The highest BCUT2D eigenvalue weighted by Crippen LogP contribution is 2.25. The minimum absolute atomic E-state index is 0.0514. The van der Waals surface area contributed by atoms with Gasteiger partial charge in [0.05, 0.1) is 12.2 Å². The number of hydrogen-bond acceptors (Lipinski definition) is 4. The van der Waals surface area contributed by atoms with Gasteiger partial charge >= 0.3 is 0 Å². The molecule has 1 aliphatic rings. The van der Waals surface area contributed by atoms with E-state index in [-0.39, 0.29) is 16.3 Å². The molecule has 2 heterocycles. The first kappa shape index (κ1) is 13.4. The Kier molecular flexibility index (Phi) is 4.24. The number of pyridine rings is 1. The number of thioether (sulfide) groups is 1. The third kappa shape index (κ3) is 3.46. The molecule has 1 aromatic heterocycles. The van der Waals surface area contributed by atoms with Crippen LogP contribution in [0.2, 0.25) is 5.15 Å². The van der Waals surface area contributed by atoms with Crippen LogP contribution >= 0.6 is 23.4 Å². The average Bonchev–Trinajstić information content (AvgIpc) is 2.58. The normalized spacial score (nSPS) is 19.3. The molecule has 0 saturated carbocycles. The van der Waals surface area contributed by atoms with E-state index >= 15 is 0 Å². The second kappa shape index (κ2) is 5.71. The molecule has 1 aromatic rings. The van der Waals surface area contributed by atoms with E-state index in [0.717, 1.165) is 5.69 Å². The van der Waals surface area contributed by atoms with Crippen molar-refractivity contribution in [2.45, 2.75) is 25.1 Å². The van der Waals surface area contributed by atoms with E-state index in [1.54, 1.807) is 11.0 Å². The fourth-order valence-electron chi connectivity index (χ4n) is 1.94. The lowest BCUT2D eigenvalue weighted by molar-refractivity contribution is -0.128. The molecule has 1 unspecified atom stereocenters. The number of hydrogen-bond donors (Lipinski definition) is 0. The van der Waals surface area contributed by atoms with Gasteiger partial charge in [0, 0.05) is 25.1 Å². The third-order valence-electron chi connectivity index (χ3n) is 2.64. The topological polar surface area (TPSA) is 50.3 Å². The second-order valence-corrected chi connectivity index (χ2v) is 6.03. The Morgan fingerprint density at radius 2 is 2.39 bits per heavy atom. The molecule has 1 atom stereocenters. The summed E-state index contributed by atoms with van der Waals surface area (Å²) in [6.45, 7) is 2.57. The van der Waals surface area contributed by atoms with Gasteiger partial charge in [-0.05, 0) is 12.1 Å². The Morgan fingerprint density at radius 3 is 3.06 bits per heavy atom. The van der Waals surface area contributed by atoms with Crippen LogP contribution in [-0.2, 0) is 16.1 Å². The van der Waals surface area contributed by atoms with E-state index in [1.165, 1.54) is 18.7 Å². The number of likely N-dealkylation sites (tertiary alicyclic amines) is 1. The Morgan fingerprint density at radius 1 is 1.61 bits per heavy atom. The molecule has 1 saturated heterocycles. The van der Waals surface area contributed by atoms with Crippen LogP contribution in [0.5, 0.6) is 0 Å². The van der Waals surface area contributed by atoms with Crippen molar-refractivity contribution in [3.05, 3.63) is 29.0 Å². The Hall–Kier alpha value is -1.07. The fraction of sp³-hybridized carbons (Fsp3) is 0.417. The smallest absolute Gasteiger partial charge is 0.224 e. The molecule has 0 bridgehead atoms. The lowest BCUT2D eigenvalue weighted by Gasteiger charge is -2.15. The van der Waals surface area contributed by atoms with E-state index in [9.17, 15) is 9.59 Å². The number of nitrogens with zero attached hydrogens (tertiary/aromatic N) is 2. The molecule has 1 fully saturated rings. The molecule has 18 heavy (non-hydrogen) atoms. The molecule has 0 spiro atoms. The minimum atomic E-state index is 0.0514. The van der Waals surface area contributed by atoms with Gasteiger partial charge in [-0.15, -0.1) is 0 Å². The molecule has 2 rings (SSSR count). The highest BCUT2D eigenvalue weighted by Gasteiger charge is 2.30. The highest BCUT2D eigenvalue weighted by atomic mass is 35.5. The summed E-state index contributed by atoms with van der Waals surface area (Å²) in [6, 6.07) is 5.35. The first-order chi connectivity index (χ1) is 8.54. The summed E-state index contributed by atoms with van der Waals surface area (Å²) in [5.74, 6) is 0.0653. The standard InChI is InChI=1S/C12H13ClN2O2S/c1-8(16)18-10-5-12(17)15(7-10)6-9-3-2-4-11(13)14-9/h2-4,10H,5-7H2,1H3. The van der Waals surface area contributed by atoms with E-state index in [4.69, 9.17) is 11.6 Å². The molecule has 1 amide bonds. The maximum atomic E-state index is 11.8. The van der Waals surface area contributed by atoms with Gasteiger partial charge in [-0.3, -0.25) is 9.59 Å². The summed E-state index contributed by atoms with van der Waals surface area (Å²) in [6.07, 6.45) is 0.421. The number of carbonyl (C=O) groups is 2. The summed E-state index contributed by atoms with van der Waals surface area (Å²) in [5.41, 5.74) is 0.768. The zero-order chi connectivity index (χ0) is 13.1. The van der Waals surface area contributed by atoms with Crippen LogP contribution in [0, 0.1) is 0 Å². The van der Waals surface area contributed by atoms with Gasteiger partial charge in [-0.25, -0.2) is 4.98 Å². The lowest BCUT2D eigenvalue weighted by Crippen LogP contribution is -2.25. The van der Waals surface area contributed by atoms with Crippen LogP contribution in [0.4, 0.5) is 0 Å². The summed E-state index contributed by atoms with van der Waals surface area (Å²) < 4.78 is 0. The maximum Gasteiger partial charge on any atom is 0.224 e. The van der Waals surface area contributed by atoms with E-state index < -0.39 is 0 Å². The van der Waals surface area contributed by atoms with Gasteiger partial charge < -0.3 is 4.90 Å². The van der Waals surface area contributed by atoms with Crippen molar-refractivity contribution < 1.29 is 9.59 Å². The monoisotopic (exact) mass is 284 g/mol. The molecule has 0 radical (unpaired) electrons. The molecule has 4 nitrogen and oxygen atoms in total. The van der Waals surface area contributed by atoms with Crippen molar-refractivity contribution in [3.8, 4) is 0 Å². The molecule has 96 valence electrons.